The highest BCUT2D eigenvalue weighted by atomic mass is 32.2. The summed E-state index contributed by atoms with van der Waals surface area (Å²) in [6.45, 7) is 6.34. The van der Waals surface area contributed by atoms with Gasteiger partial charge in [0.25, 0.3) is 0 Å². The van der Waals surface area contributed by atoms with E-state index >= 15 is 0 Å². The maximum absolute atomic E-state index is 12.6. The Morgan fingerprint density at radius 1 is 1.04 bits per heavy atom. The molecule has 1 atom stereocenters. The number of aromatic nitrogens is 4. The summed E-state index contributed by atoms with van der Waals surface area (Å²) in [7, 11) is 1.83. The average molecular weight is 396 g/mol. The molecule has 0 bridgehead atoms. The molecule has 6 nitrogen and oxygen atoms in total. The lowest BCUT2D eigenvalue weighted by molar-refractivity contribution is -0.128. The Bertz CT molecular complexity index is 908. The number of tetrazole rings is 1. The fourth-order valence-electron chi connectivity index (χ4n) is 2.83. The van der Waals surface area contributed by atoms with Crippen LogP contribution in [0.25, 0.3) is 5.69 Å². The van der Waals surface area contributed by atoms with Crippen molar-refractivity contribution in [2.75, 3.05) is 12.8 Å². The smallest absolute Gasteiger partial charge is 0.233 e. The van der Waals surface area contributed by atoms with Crippen LogP contribution >= 0.6 is 11.8 Å². The van der Waals surface area contributed by atoms with Gasteiger partial charge in [0.2, 0.25) is 11.1 Å². The number of carbonyl (C=O) groups is 1. The Morgan fingerprint density at radius 2 is 1.71 bits per heavy atom. The molecule has 0 aliphatic heterocycles. The molecule has 0 aliphatic rings. The minimum atomic E-state index is 0.00822. The first-order chi connectivity index (χ1) is 13.5. The van der Waals surface area contributed by atoms with E-state index in [0.717, 1.165) is 11.3 Å². The lowest BCUT2D eigenvalue weighted by atomic mass is 10.0. The van der Waals surface area contributed by atoms with Crippen molar-refractivity contribution in [2.45, 2.75) is 37.9 Å². The van der Waals surface area contributed by atoms with E-state index in [1.165, 1.54) is 17.3 Å². The number of nitrogens with zero attached hydrogens (tertiary/aromatic N) is 5. The molecule has 2 aromatic carbocycles. The van der Waals surface area contributed by atoms with Gasteiger partial charge < -0.3 is 4.90 Å². The summed E-state index contributed by atoms with van der Waals surface area (Å²) in [6, 6.07) is 18.2. The largest absolute Gasteiger partial charge is 0.338 e. The van der Waals surface area contributed by atoms with Crippen molar-refractivity contribution in [2.24, 2.45) is 0 Å². The van der Waals surface area contributed by atoms with Crippen LogP contribution < -0.4 is 0 Å². The van der Waals surface area contributed by atoms with Gasteiger partial charge in [-0.2, -0.15) is 4.68 Å². The first-order valence-electron chi connectivity index (χ1n) is 9.29. The van der Waals surface area contributed by atoms with E-state index in [2.05, 4.69) is 41.5 Å². The second-order valence-corrected chi connectivity index (χ2v) is 7.94. The van der Waals surface area contributed by atoms with Crippen molar-refractivity contribution in [1.82, 2.24) is 25.1 Å². The highest BCUT2D eigenvalue weighted by molar-refractivity contribution is 7.99. The quantitative estimate of drug-likeness (QED) is 0.564. The number of hydrogen-bond donors (Lipinski definition) is 0. The molecule has 0 aliphatic carbocycles. The molecule has 0 saturated carbocycles. The van der Waals surface area contributed by atoms with Crippen LogP contribution in [0.5, 0.6) is 0 Å². The van der Waals surface area contributed by atoms with Gasteiger partial charge in [-0.25, -0.2) is 0 Å². The Hall–Kier alpha value is -2.67. The second-order valence-electron chi connectivity index (χ2n) is 7.00. The molecule has 0 unspecified atom stereocenters. The lowest BCUT2D eigenvalue weighted by Gasteiger charge is -2.25. The topological polar surface area (TPSA) is 63.9 Å². The Morgan fingerprint density at radius 3 is 2.36 bits per heavy atom. The van der Waals surface area contributed by atoms with E-state index in [-0.39, 0.29) is 17.7 Å². The normalized spacial score (nSPS) is 12.2. The van der Waals surface area contributed by atoms with Crippen LogP contribution in [0.3, 0.4) is 0 Å². The Kier molecular flexibility index (Phi) is 6.46. The minimum Gasteiger partial charge on any atom is -0.338 e. The second kappa shape index (κ2) is 9.01. The summed E-state index contributed by atoms with van der Waals surface area (Å²) < 4.78 is 1.67. The van der Waals surface area contributed by atoms with E-state index in [9.17, 15) is 4.79 Å². The predicted molar refractivity (Wildman–Crippen MR) is 112 cm³/mol. The molecule has 7 heteroatoms. The van der Waals surface area contributed by atoms with Gasteiger partial charge in [0.1, 0.15) is 0 Å². The third-order valence-corrected chi connectivity index (χ3v) is 5.73. The van der Waals surface area contributed by atoms with Crippen LogP contribution in [0.15, 0.2) is 59.8 Å². The number of hydrogen-bond acceptors (Lipinski definition) is 5. The van der Waals surface area contributed by atoms with Gasteiger partial charge in [0.15, 0.2) is 0 Å². The van der Waals surface area contributed by atoms with Crippen LogP contribution in [-0.2, 0) is 4.79 Å². The molecular weight excluding hydrogens is 370 g/mol. The van der Waals surface area contributed by atoms with Crippen LogP contribution in [0, 0.1) is 0 Å². The van der Waals surface area contributed by atoms with E-state index < -0.39 is 0 Å². The highest BCUT2D eigenvalue weighted by Crippen LogP contribution is 2.23. The van der Waals surface area contributed by atoms with Crippen molar-refractivity contribution in [3.8, 4) is 5.69 Å². The van der Waals surface area contributed by atoms with Gasteiger partial charge in [-0.15, -0.1) is 5.10 Å². The van der Waals surface area contributed by atoms with Crippen molar-refractivity contribution in [3.63, 3.8) is 0 Å². The van der Waals surface area contributed by atoms with Crippen molar-refractivity contribution < 1.29 is 4.79 Å². The molecule has 3 aromatic rings. The summed E-state index contributed by atoms with van der Waals surface area (Å²) in [5.41, 5.74) is 3.26. The molecule has 1 aromatic heterocycles. The first kappa shape index (κ1) is 20.1. The zero-order chi connectivity index (χ0) is 20.1. The molecular formula is C21H25N5OS. The number of amides is 1. The van der Waals surface area contributed by atoms with Gasteiger partial charge in [-0.3, -0.25) is 4.79 Å². The molecule has 1 heterocycles. The molecule has 0 fully saturated rings. The fourth-order valence-corrected chi connectivity index (χ4v) is 3.65. The summed E-state index contributed by atoms with van der Waals surface area (Å²) >= 11 is 1.34. The molecule has 0 N–H and O–H groups in total. The zero-order valence-corrected chi connectivity index (χ0v) is 17.4. The molecule has 3 rings (SSSR count). The van der Waals surface area contributed by atoms with Crippen LogP contribution in [-0.4, -0.2) is 43.8 Å². The molecule has 0 radical (unpaired) electrons. The zero-order valence-electron chi connectivity index (χ0n) is 16.6. The van der Waals surface area contributed by atoms with Crippen LogP contribution in [0.2, 0.25) is 0 Å². The molecule has 28 heavy (non-hydrogen) atoms. The van der Waals surface area contributed by atoms with Crippen molar-refractivity contribution >= 4 is 17.7 Å². The molecule has 1 amide bonds. The van der Waals surface area contributed by atoms with Gasteiger partial charge in [-0.1, -0.05) is 68.1 Å². The van der Waals surface area contributed by atoms with Crippen LogP contribution in [0.1, 0.15) is 43.9 Å². The minimum absolute atomic E-state index is 0.00822. The molecule has 0 saturated heterocycles. The van der Waals surface area contributed by atoms with Crippen molar-refractivity contribution in [3.05, 3.63) is 65.7 Å². The van der Waals surface area contributed by atoms with Gasteiger partial charge in [0.05, 0.1) is 17.5 Å². The van der Waals surface area contributed by atoms with Gasteiger partial charge >= 0.3 is 0 Å². The monoisotopic (exact) mass is 395 g/mol. The lowest BCUT2D eigenvalue weighted by Crippen LogP contribution is -2.31. The van der Waals surface area contributed by atoms with Crippen molar-refractivity contribution in [1.29, 1.82) is 0 Å². The summed E-state index contributed by atoms with van der Waals surface area (Å²) in [4.78, 5) is 14.4. The average Bonchev–Trinajstić information content (AvgIpc) is 3.20. The van der Waals surface area contributed by atoms with E-state index in [0.29, 0.717) is 11.1 Å². The fraction of sp³-hybridized carbons (Fsp3) is 0.333. The first-order valence-corrected chi connectivity index (χ1v) is 10.3. The van der Waals surface area contributed by atoms with Crippen LogP contribution in [0.4, 0.5) is 0 Å². The van der Waals surface area contributed by atoms with E-state index in [1.54, 1.807) is 9.58 Å². The number of thioether (sulfide) groups is 1. The van der Waals surface area contributed by atoms with E-state index in [1.807, 2.05) is 56.4 Å². The number of rotatable bonds is 7. The third-order valence-electron chi connectivity index (χ3n) is 4.83. The van der Waals surface area contributed by atoms with Gasteiger partial charge in [0, 0.05) is 7.05 Å². The SMILES string of the molecule is CC(C)c1ccc(-n2nnnc2SCC(=O)N(C)[C@@H](C)c2ccccc2)cc1. The molecule has 146 valence electrons. The number of carbonyl (C=O) groups excluding carboxylic acids is 1. The molecule has 0 spiro atoms. The van der Waals surface area contributed by atoms with Gasteiger partial charge in [-0.05, 0) is 46.5 Å². The highest BCUT2D eigenvalue weighted by Gasteiger charge is 2.19. The Labute approximate surface area is 169 Å². The third kappa shape index (κ3) is 4.59. The summed E-state index contributed by atoms with van der Waals surface area (Å²) in [5.74, 6) is 0.778. The predicted octanol–water partition coefficient (Wildman–Crippen LogP) is 4.10. The maximum Gasteiger partial charge on any atom is 0.233 e. The van der Waals surface area contributed by atoms with E-state index in [4.69, 9.17) is 0 Å². The maximum atomic E-state index is 12.6. The summed E-state index contributed by atoms with van der Waals surface area (Å²) in [6.07, 6.45) is 0. The number of benzene rings is 2. The summed E-state index contributed by atoms with van der Waals surface area (Å²) in [5, 5.41) is 12.5. The Balaban J connectivity index is 1.65. The standard InChI is InChI=1S/C21H25N5OS/c1-15(2)17-10-12-19(13-11-17)26-21(22-23-24-26)28-14-20(27)25(4)16(3)18-8-6-5-7-9-18/h5-13,15-16H,14H2,1-4H3/t16-/m0/s1.